The highest BCUT2D eigenvalue weighted by Crippen LogP contribution is 2.35. The van der Waals surface area contributed by atoms with E-state index in [0.717, 1.165) is 27.9 Å². The first-order chi connectivity index (χ1) is 14.3. The molecule has 7 nitrogen and oxygen atoms in total. The molecule has 0 spiro atoms. The molecule has 0 aliphatic carbocycles. The molecule has 0 unspecified atom stereocenters. The van der Waals surface area contributed by atoms with E-state index in [-0.39, 0.29) is 6.04 Å². The number of hydrogen-bond donors (Lipinski definition) is 2. The van der Waals surface area contributed by atoms with E-state index in [9.17, 15) is 13.7 Å². The first-order valence-corrected chi connectivity index (χ1v) is 11.4. The number of nitriles is 1. The highest BCUT2D eigenvalue weighted by molar-refractivity contribution is 7.90. The number of rotatable bonds is 8. The maximum Gasteiger partial charge on any atom is 0.299 e. The van der Waals surface area contributed by atoms with Crippen LogP contribution in [0.4, 0.5) is 5.69 Å². The zero-order valence-corrected chi connectivity index (χ0v) is 18.4. The van der Waals surface area contributed by atoms with Gasteiger partial charge in [-0.05, 0) is 57.5 Å². The van der Waals surface area contributed by atoms with Crippen LogP contribution in [0.1, 0.15) is 33.3 Å². The van der Waals surface area contributed by atoms with E-state index < -0.39 is 10.2 Å². The Morgan fingerprint density at radius 1 is 1.13 bits per heavy atom. The van der Waals surface area contributed by atoms with Crippen molar-refractivity contribution in [1.82, 2.24) is 9.29 Å². The summed E-state index contributed by atoms with van der Waals surface area (Å²) in [6, 6.07) is 14.9. The summed E-state index contributed by atoms with van der Waals surface area (Å²) in [6.45, 7) is 8.72. The molecule has 30 heavy (non-hydrogen) atoms. The van der Waals surface area contributed by atoms with Crippen LogP contribution < -0.4 is 14.2 Å². The van der Waals surface area contributed by atoms with Gasteiger partial charge in [0.2, 0.25) is 0 Å². The van der Waals surface area contributed by atoms with Crippen LogP contribution in [0.25, 0.3) is 22.2 Å². The van der Waals surface area contributed by atoms with Crippen molar-refractivity contribution in [2.24, 2.45) is 0 Å². The quantitative estimate of drug-likeness (QED) is 0.563. The van der Waals surface area contributed by atoms with Gasteiger partial charge in [0.25, 0.3) is 10.2 Å². The normalized spacial score (nSPS) is 11.6. The summed E-state index contributed by atoms with van der Waals surface area (Å²) in [5.74, 6) is 0.760. The van der Waals surface area contributed by atoms with Gasteiger partial charge in [0.05, 0.1) is 23.4 Å². The molecule has 1 heterocycles. The second-order valence-electron chi connectivity index (χ2n) is 7.15. The smallest absolute Gasteiger partial charge is 0.299 e. The van der Waals surface area contributed by atoms with Gasteiger partial charge in [-0.15, -0.1) is 0 Å². The largest absolute Gasteiger partial charge is 0.494 e. The Kier molecular flexibility index (Phi) is 6.34. The standard InChI is InChI=1S/C22H26N4O3S/c1-5-26-21-13-18(29-6-2)11-12-19(21)20(14-23)22(26)16-7-9-17(10-8-16)25-30(27,28)24-15(3)4/h7-13,15,24-25H,5-6H2,1-4H3. The van der Waals surface area contributed by atoms with Crippen LogP contribution in [0, 0.1) is 11.3 Å². The van der Waals surface area contributed by atoms with Crippen LogP contribution in [0.3, 0.4) is 0 Å². The first kappa shape index (κ1) is 21.7. The minimum atomic E-state index is -3.64. The lowest BCUT2D eigenvalue weighted by atomic mass is 10.1. The van der Waals surface area contributed by atoms with Gasteiger partial charge < -0.3 is 9.30 Å². The molecule has 158 valence electrons. The van der Waals surface area contributed by atoms with E-state index in [4.69, 9.17) is 4.74 Å². The highest BCUT2D eigenvalue weighted by Gasteiger charge is 2.19. The predicted molar refractivity (Wildman–Crippen MR) is 120 cm³/mol. The van der Waals surface area contributed by atoms with Crippen molar-refractivity contribution < 1.29 is 13.2 Å². The van der Waals surface area contributed by atoms with Crippen molar-refractivity contribution in [1.29, 1.82) is 5.26 Å². The lowest BCUT2D eigenvalue weighted by Crippen LogP contribution is -2.35. The average Bonchev–Trinajstić information content (AvgIpc) is 3.00. The Hall–Kier alpha value is -3.02. The second-order valence-corrected chi connectivity index (χ2v) is 8.59. The average molecular weight is 427 g/mol. The van der Waals surface area contributed by atoms with Crippen molar-refractivity contribution in [3.05, 3.63) is 48.0 Å². The van der Waals surface area contributed by atoms with E-state index in [1.165, 1.54) is 0 Å². The number of anilines is 1. The van der Waals surface area contributed by atoms with Gasteiger partial charge in [0, 0.05) is 29.7 Å². The lowest BCUT2D eigenvalue weighted by molar-refractivity contribution is 0.340. The summed E-state index contributed by atoms with van der Waals surface area (Å²) in [5.41, 5.74) is 3.61. The van der Waals surface area contributed by atoms with Crippen LogP contribution in [0.5, 0.6) is 5.75 Å². The van der Waals surface area contributed by atoms with E-state index in [2.05, 4.69) is 20.1 Å². The number of ether oxygens (including phenoxy) is 1. The third-order valence-electron chi connectivity index (χ3n) is 4.58. The maximum absolute atomic E-state index is 12.1. The topological polar surface area (TPSA) is 96.2 Å². The zero-order chi connectivity index (χ0) is 21.9. The molecule has 0 saturated carbocycles. The van der Waals surface area contributed by atoms with Gasteiger partial charge in [-0.25, -0.2) is 0 Å². The van der Waals surface area contributed by atoms with E-state index in [1.54, 1.807) is 26.0 Å². The van der Waals surface area contributed by atoms with Gasteiger partial charge in [0.1, 0.15) is 11.8 Å². The minimum absolute atomic E-state index is 0.207. The van der Waals surface area contributed by atoms with Crippen LogP contribution in [-0.2, 0) is 16.8 Å². The molecule has 0 bridgehead atoms. The minimum Gasteiger partial charge on any atom is -0.494 e. The number of hydrogen-bond acceptors (Lipinski definition) is 4. The van der Waals surface area contributed by atoms with Crippen molar-refractivity contribution >= 4 is 26.8 Å². The fourth-order valence-electron chi connectivity index (χ4n) is 3.52. The van der Waals surface area contributed by atoms with Gasteiger partial charge in [-0.2, -0.15) is 18.4 Å². The fourth-order valence-corrected chi connectivity index (χ4v) is 4.64. The van der Waals surface area contributed by atoms with Gasteiger partial charge in [-0.3, -0.25) is 4.72 Å². The Morgan fingerprint density at radius 2 is 1.83 bits per heavy atom. The number of aryl methyl sites for hydroxylation is 1. The molecule has 3 rings (SSSR count). The predicted octanol–water partition coefficient (Wildman–Crippen LogP) is 4.25. The van der Waals surface area contributed by atoms with Crippen LogP contribution in [0.2, 0.25) is 0 Å². The van der Waals surface area contributed by atoms with Crippen molar-refractivity contribution in [2.45, 2.75) is 40.3 Å². The molecule has 0 aliphatic heterocycles. The van der Waals surface area contributed by atoms with E-state index in [1.807, 2.05) is 44.2 Å². The Balaban J connectivity index is 2.05. The summed E-state index contributed by atoms with van der Waals surface area (Å²) in [7, 11) is -3.64. The second kappa shape index (κ2) is 8.78. The summed E-state index contributed by atoms with van der Waals surface area (Å²) in [5, 5.41) is 10.7. The zero-order valence-electron chi connectivity index (χ0n) is 17.6. The third-order valence-corrected chi connectivity index (χ3v) is 5.86. The molecule has 0 amide bonds. The molecule has 0 saturated heterocycles. The van der Waals surface area contributed by atoms with Gasteiger partial charge >= 0.3 is 0 Å². The van der Waals surface area contributed by atoms with Gasteiger partial charge in [0.15, 0.2) is 0 Å². The molecular weight excluding hydrogens is 400 g/mol. The first-order valence-electron chi connectivity index (χ1n) is 9.89. The highest BCUT2D eigenvalue weighted by atomic mass is 32.2. The summed E-state index contributed by atoms with van der Waals surface area (Å²) >= 11 is 0. The lowest BCUT2D eigenvalue weighted by Gasteiger charge is -2.13. The number of aromatic nitrogens is 1. The van der Waals surface area contributed by atoms with Crippen molar-refractivity contribution in [3.63, 3.8) is 0 Å². The molecule has 0 fully saturated rings. The SMILES string of the molecule is CCOc1ccc2c(C#N)c(-c3ccc(NS(=O)(=O)NC(C)C)cc3)n(CC)c2c1. The third kappa shape index (κ3) is 4.42. The summed E-state index contributed by atoms with van der Waals surface area (Å²) in [4.78, 5) is 0. The van der Waals surface area contributed by atoms with Crippen molar-refractivity contribution in [2.75, 3.05) is 11.3 Å². The van der Waals surface area contributed by atoms with E-state index in [0.29, 0.717) is 24.4 Å². The number of benzene rings is 2. The molecule has 0 radical (unpaired) electrons. The number of fused-ring (bicyclic) bond motifs is 1. The van der Waals surface area contributed by atoms with Crippen molar-refractivity contribution in [3.8, 4) is 23.1 Å². The monoisotopic (exact) mass is 426 g/mol. The molecule has 3 aromatic rings. The Morgan fingerprint density at radius 3 is 2.40 bits per heavy atom. The number of nitrogens with one attached hydrogen (secondary N) is 2. The molecule has 0 aliphatic rings. The Bertz CT molecular complexity index is 1190. The maximum atomic E-state index is 12.1. The molecular formula is C22H26N4O3S. The van der Waals surface area contributed by atoms with Crippen LogP contribution in [-0.4, -0.2) is 25.6 Å². The molecule has 2 N–H and O–H groups in total. The van der Waals surface area contributed by atoms with Crippen LogP contribution >= 0.6 is 0 Å². The molecule has 2 aromatic carbocycles. The number of nitrogens with zero attached hydrogens (tertiary/aromatic N) is 2. The van der Waals surface area contributed by atoms with Gasteiger partial charge in [-0.1, -0.05) is 12.1 Å². The molecule has 0 atom stereocenters. The molecule has 8 heteroatoms. The Labute approximate surface area is 177 Å². The van der Waals surface area contributed by atoms with Crippen LogP contribution in [0.15, 0.2) is 42.5 Å². The molecule has 1 aromatic heterocycles. The fraction of sp³-hybridized carbons (Fsp3) is 0.318. The van der Waals surface area contributed by atoms with E-state index >= 15 is 0 Å². The summed E-state index contributed by atoms with van der Waals surface area (Å²) in [6.07, 6.45) is 0. The summed E-state index contributed by atoms with van der Waals surface area (Å²) < 4.78 is 36.9.